The number of para-hydroxylation sites is 1. The Balaban J connectivity index is 1.05. The molecule has 2 heterocycles. The fourth-order valence-corrected chi connectivity index (χ4v) is 16.3. The minimum atomic E-state index is -3.51. The van der Waals surface area contributed by atoms with E-state index in [1.807, 2.05) is 42.5 Å². The Morgan fingerprint density at radius 1 is 0.373 bits per heavy atom. The zero-order valence-electron chi connectivity index (χ0n) is 36.3. The lowest BCUT2D eigenvalue weighted by Gasteiger charge is -2.48. The molecular weight excluding hydrogens is 832 g/mol. The summed E-state index contributed by atoms with van der Waals surface area (Å²) in [6, 6.07) is 85.9. The molecule has 10 aromatic carbocycles. The minimum absolute atomic E-state index is 0.526. The highest BCUT2D eigenvalue weighted by atomic mass is 31.2. The average Bonchev–Trinajstić information content (AvgIpc) is 4.04. The third kappa shape index (κ3) is 4.44. The molecule has 11 aromatic rings. The fourth-order valence-electron chi connectivity index (χ4n) is 13.1. The van der Waals surface area contributed by atoms with E-state index in [-0.39, 0.29) is 0 Å². The molecule has 4 heteroatoms. The molecule has 1 aliphatic heterocycles. The number of nitrogens with zero attached hydrogens (tertiary/aromatic N) is 2. The van der Waals surface area contributed by atoms with Gasteiger partial charge >= 0.3 is 0 Å². The fraction of sp³-hybridized carbons (Fsp3) is 0.0317. The molecule has 0 amide bonds. The van der Waals surface area contributed by atoms with Crippen LogP contribution in [0.15, 0.2) is 237 Å². The molecule has 1 atom stereocenters. The Kier molecular flexibility index (Phi) is 7.35. The smallest absolute Gasteiger partial charge is 0.175 e. The molecule has 2 spiro atoms. The van der Waals surface area contributed by atoms with E-state index < -0.39 is 18.0 Å². The molecule has 67 heavy (non-hydrogen) atoms. The minimum Gasteiger partial charge on any atom is -0.308 e. The summed E-state index contributed by atoms with van der Waals surface area (Å²) >= 11 is 0. The predicted molar refractivity (Wildman–Crippen MR) is 273 cm³/mol. The summed E-state index contributed by atoms with van der Waals surface area (Å²) in [5.41, 5.74) is 19.8. The standard InChI is InChI=1S/C63H39N2OP/c66-67(42-21-5-2-6-22-42)58-36-18-34-56-59(58)65(61(64-56)40-19-3-1-4-20-40)57-35-17-26-43(60(57)67)41-37-38-47-46-25-9-12-29-50(46)63(55(47)39-41)53-32-15-13-30-51(53)62(52-31-14-16-33-54(52)63)48-27-10-7-23-44(48)45-24-8-11-28-49(45)62/h1-39H. The van der Waals surface area contributed by atoms with Crippen LogP contribution >= 0.6 is 7.14 Å². The van der Waals surface area contributed by atoms with Gasteiger partial charge < -0.3 is 4.57 Å². The van der Waals surface area contributed by atoms with Crippen molar-refractivity contribution >= 4 is 34.1 Å². The van der Waals surface area contributed by atoms with Crippen LogP contribution in [0.25, 0.3) is 61.5 Å². The number of aromatic nitrogens is 2. The number of fused-ring (bicyclic) bond motifs is 18. The summed E-state index contributed by atoms with van der Waals surface area (Å²) < 4.78 is 19.2. The van der Waals surface area contributed by atoms with Crippen LogP contribution in [0.4, 0.5) is 0 Å². The van der Waals surface area contributed by atoms with E-state index in [2.05, 4.69) is 199 Å². The number of hydrogen-bond acceptors (Lipinski definition) is 2. The van der Waals surface area contributed by atoms with Crippen molar-refractivity contribution in [2.24, 2.45) is 0 Å². The zero-order chi connectivity index (χ0) is 44.1. The van der Waals surface area contributed by atoms with Crippen LogP contribution in [-0.4, -0.2) is 9.55 Å². The maximum Gasteiger partial charge on any atom is 0.175 e. The van der Waals surface area contributed by atoms with E-state index in [4.69, 9.17) is 4.98 Å². The van der Waals surface area contributed by atoms with Crippen LogP contribution < -0.4 is 15.9 Å². The molecule has 3 nitrogen and oxygen atoms in total. The number of hydrogen-bond donors (Lipinski definition) is 0. The van der Waals surface area contributed by atoms with Gasteiger partial charge in [0.25, 0.3) is 0 Å². The Morgan fingerprint density at radius 3 is 1.42 bits per heavy atom. The van der Waals surface area contributed by atoms with Crippen molar-refractivity contribution in [2.75, 3.05) is 0 Å². The van der Waals surface area contributed by atoms with Crippen LogP contribution in [0, 0.1) is 0 Å². The van der Waals surface area contributed by atoms with E-state index in [0.29, 0.717) is 0 Å². The lowest BCUT2D eigenvalue weighted by molar-refractivity contribution is 0.592. The van der Waals surface area contributed by atoms with Crippen LogP contribution in [0.2, 0.25) is 0 Å². The van der Waals surface area contributed by atoms with Crippen molar-refractivity contribution in [3.8, 4) is 50.5 Å². The molecule has 0 radical (unpaired) electrons. The van der Waals surface area contributed by atoms with Crippen molar-refractivity contribution in [1.29, 1.82) is 0 Å². The van der Waals surface area contributed by atoms with Gasteiger partial charge in [-0.3, -0.25) is 4.57 Å². The van der Waals surface area contributed by atoms with Crippen molar-refractivity contribution < 1.29 is 4.57 Å². The van der Waals surface area contributed by atoms with Crippen LogP contribution in [0.3, 0.4) is 0 Å². The topological polar surface area (TPSA) is 34.9 Å². The number of rotatable bonds is 3. The van der Waals surface area contributed by atoms with Gasteiger partial charge in [0.1, 0.15) is 5.82 Å². The Labute approximate surface area is 388 Å². The van der Waals surface area contributed by atoms with E-state index in [1.54, 1.807) is 0 Å². The Bertz CT molecular complexity index is 3880. The molecule has 0 saturated carbocycles. The molecule has 312 valence electrons. The first kappa shape index (κ1) is 37.2. The third-order valence-corrected chi connectivity index (χ3v) is 18.7. The van der Waals surface area contributed by atoms with Gasteiger partial charge in [-0.05, 0) is 102 Å². The van der Waals surface area contributed by atoms with Crippen LogP contribution in [0.1, 0.15) is 44.5 Å². The van der Waals surface area contributed by atoms with Crippen molar-refractivity contribution in [1.82, 2.24) is 9.55 Å². The summed E-state index contributed by atoms with van der Waals surface area (Å²) in [7, 11) is -3.51. The van der Waals surface area contributed by atoms with E-state index in [1.165, 1.54) is 66.8 Å². The van der Waals surface area contributed by atoms with Gasteiger partial charge in [0.15, 0.2) is 7.14 Å². The van der Waals surface area contributed by atoms with Gasteiger partial charge in [0.2, 0.25) is 0 Å². The lowest BCUT2D eigenvalue weighted by atomic mass is 9.52. The second-order valence-corrected chi connectivity index (χ2v) is 21.1. The first-order valence-electron chi connectivity index (χ1n) is 23.2. The average molecular weight is 871 g/mol. The maximum atomic E-state index is 16.9. The van der Waals surface area contributed by atoms with Gasteiger partial charge in [-0.25, -0.2) is 4.98 Å². The normalized spacial score (nSPS) is 16.7. The second-order valence-electron chi connectivity index (χ2n) is 18.4. The van der Waals surface area contributed by atoms with Gasteiger partial charge in [-0.1, -0.05) is 212 Å². The Morgan fingerprint density at radius 2 is 0.836 bits per heavy atom. The first-order chi connectivity index (χ1) is 33.1. The Hall–Kier alpha value is -8.10. The summed E-state index contributed by atoms with van der Waals surface area (Å²) in [4.78, 5) is 5.29. The van der Waals surface area contributed by atoms with Crippen molar-refractivity contribution in [2.45, 2.75) is 10.8 Å². The number of imidazole rings is 1. The van der Waals surface area contributed by atoms with Crippen LogP contribution in [0.5, 0.6) is 0 Å². The van der Waals surface area contributed by atoms with Gasteiger partial charge in [0.05, 0.1) is 32.9 Å². The predicted octanol–water partition coefficient (Wildman–Crippen LogP) is 13.4. The van der Waals surface area contributed by atoms with Gasteiger partial charge in [-0.15, -0.1) is 0 Å². The molecular formula is C63H39N2OP. The van der Waals surface area contributed by atoms with Crippen molar-refractivity contribution in [3.05, 3.63) is 281 Å². The summed E-state index contributed by atoms with van der Waals surface area (Å²) in [6.45, 7) is 0. The van der Waals surface area contributed by atoms with Gasteiger partial charge in [0, 0.05) is 16.2 Å². The highest BCUT2D eigenvalue weighted by molar-refractivity contribution is 7.86. The molecule has 3 aliphatic carbocycles. The number of benzene rings is 10. The quantitative estimate of drug-likeness (QED) is 0.166. The second kappa shape index (κ2) is 13.3. The molecule has 1 unspecified atom stereocenters. The monoisotopic (exact) mass is 870 g/mol. The van der Waals surface area contributed by atoms with Crippen molar-refractivity contribution in [3.63, 3.8) is 0 Å². The highest BCUT2D eigenvalue weighted by Gasteiger charge is 2.59. The lowest BCUT2D eigenvalue weighted by Crippen LogP contribution is -2.43. The summed E-state index contributed by atoms with van der Waals surface area (Å²) in [6.07, 6.45) is 0. The van der Waals surface area contributed by atoms with E-state index >= 15 is 4.57 Å². The first-order valence-corrected chi connectivity index (χ1v) is 24.9. The molecule has 15 rings (SSSR count). The van der Waals surface area contributed by atoms with E-state index in [0.717, 1.165) is 55.1 Å². The maximum absolute atomic E-state index is 16.9. The third-order valence-electron chi connectivity index (χ3n) is 15.5. The molecule has 0 fully saturated rings. The molecule has 0 bridgehead atoms. The largest absolute Gasteiger partial charge is 0.308 e. The molecule has 0 saturated heterocycles. The van der Waals surface area contributed by atoms with Gasteiger partial charge in [-0.2, -0.15) is 0 Å². The molecule has 0 N–H and O–H groups in total. The van der Waals surface area contributed by atoms with Crippen LogP contribution in [-0.2, 0) is 15.4 Å². The SMILES string of the molecule is O=P1(c2ccccc2)c2c(-c3ccc4c(c3)C3(c5ccccc5-4)c4ccccc4C4(c5ccccc5-c5ccccc54)c4ccccc43)cccc2-n2c(-c3ccccc3)nc3cccc1c32. The summed E-state index contributed by atoms with van der Waals surface area (Å²) in [5.74, 6) is 0.837. The highest BCUT2D eigenvalue weighted by Crippen LogP contribution is 2.67. The molecule has 4 aliphatic rings. The van der Waals surface area contributed by atoms with E-state index in [9.17, 15) is 0 Å². The summed E-state index contributed by atoms with van der Waals surface area (Å²) in [5, 5.41) is 2.46. The zero-order valence-corrected chi connectivity index (χ0v) is 37.2. The molecule has 1 aromatic heterocycles.